The van der Waals surface area contributed by atoms with E-state index in [4.69, 9.17) is 0 Å². The maximum Gasteiger partial charge on any atom is 0.224 e. The summed E-state index contributed by atoms with van der Waals surface area (Å²) in [4.78, 5) is 20.0. The van der Waals surface area contributed by atoms with Gasteiger partial charge in [-0.05, 0) is 51.4 Å². The molecule has 8 nitrogen and oxygen atoms in total. The van der Waals surface area contributed by atoms with Crippen molar-refractivity contribution in [3.63, 3.8) is 0 Å². The SMILES string of the molecule is CC(=O)NC1CCC(Nc2ncc(C#N)c(NC3CCCC(O)C3)n2)CC1. The molecule has 2 aliphatic carbocycles. The molecule has 8 heteroatoms. The molecule has 1 heterocycles. The lowest BCUT2D eigenvalue weighted by molar-refractivity contribution is -0.119. The van der Waals surface area contributed by atoms with Crippen molar-refractivity contribution in [3.05, 3.63) is 11.8 Å². The highest BCUT2D eigenvalue weighted by Crippen LogP contribution is 2.25. The van der Waals surface area contributed by atoms with Gasteiger partial charge in [0.25, 0.3) is 0 Å². The monoisotopic (exact) mass is 372 g/mol. The van der Waals surface area contributed by atoms with Crippen molar-refractivity contribution in [2.24, 2.45) is 0 Å². The van der Waals surface area contributed by atoms with E-state index in [1.165, 1.54) is 0 Å². The molecular weight excluding hydrogens is 344 g/mol. The standard InChI is InChI=1S/C19H28N6O2/c1-12(26)22-14-5-7-15(8-6-14)24-19-21-11-13(10-20)18(25-19)23-16-3-2-4-17(27)9-16/h11,14-17,27H,2-9H2,1H3,(H,22,26)(H2,21,23,24,25). The maximum atomic E-state index is 11.2. The molecular formula is C19H28N6O2. The molecule has 2 fully saturated rings. The van der Waals surface area contributed by atoms with Gasteiger partial charge in [-0.3, -0.25) is 4.79 Å². The number of amides is 1. The first-order valence-electron chi connectivity index (χ1n) is 9.79. The first-order chi connectivity index (χ1) is 13.0. The number of aromatic nitrogens is 2. The van der Waals surface area contributed by atoms with Crippen molar-refractivity contribution in [2.45, 2.75) is 82.5 Å². The molecule has 4 N–H and O–H groups in total. The van der Waals surface area contributed by atoms with Crippen LogP contribution in [0, 0.1) is 11.3 Å². The van der Waals surface area contributed by atoms with Gasteiger partial charge in [0.2, 0.25) is 11.9 Å². The molecule has 0 radical (unpaired) electrons. The van der Waals surface area contributed by atoms with Crippen LogP contribution in [0.4, 0.5) is 11.8 Å². The number of carbonyl (C=O) groups excluding carboxylic acids is 1. The summed E-state index contributed by atoms with van der Waals surface area (Å²) in [5, 5.41) is 28.8. The van der Waals surface area contributed by atoms with E-state index in [1.54, 1.807) is 13.1 Å². The van der Waals surface area contributed by atoms with Crippen molar-refractivity contribution < 1.29 is 9.90 Å². The summed E-state index contributed by atoms with van der Waals surface area (Å²) in [5.74, 6) is 1.06. The Kier molecular flexibility index (Phi) is 6.45. The number of rotatable bonds is 5. The van der Waals surface area contributed by atoms with Crippen molar-refractivity contribution in [1.82, 2.24) is 15.3 Å². The van der Waals surface area contributed by atoms with Gasteiger partial charge in [0.15, 0.2) is 0 Å². The van der Waals surface area contributed by atoms with Crippen molar-refractivity contribution >= 4 is 17.7 Å². The predicted octanol–water partition coefficient (Wildman–Crippen LogP) is 1.92. The molecule has 2 unspecified atom stereocenters. The second-order valence-electron chi connectivity index (χ2n) is 7.62. The van der Waals surface area contributed by atoms with Gasteiger partial charge >= 0.3 is 0 Å². The largest absolute Gasteiger partial charge is 0.393 e. The molecule has 3 rings (SSSR count). The number of anilines is 2. The van der Waals surface area contributed by atoms with E-state index in [0.717, 1.165) is 44.9 Å². The number of hydrogen-bond acceptors (Lipinski definition) is 7. The maximum absolute atomic E-state index is 11.2. The average molecular weight is 372 g/mol. The normalized spacial score (nSPS) is 28.0. The lowest BCUT2D eigenvalue weighted by atomic mass is 9.91. The van der Waals surface area contributed by atoms with Crippen molar-refractivity contribution in [3.8, 4) is 6.07 Å². The Morgan fingerprint density at radius 2 is 1.89 bits per heavy atom. The molecule has 1 amide bonds. The van der Waals surface area contributed by atoms with Crippen LogP contribution >= 0.6 is 0 Å². The Labute approximate surface area is 159 Å². The van der Waals surface area contributed by atoms with E-state index in [9.17, 15) is 15.2 Å². The predicted molar refractivity (Wildman–Crippen MR) is 102 cm³/mol. The lowest BCUT2D eigenvalue weighted by Crippen LogP contribution is -2.39. The van der Waals surface area contributed by atoms with Crippen molar-refractivity contribution in [2.75, 3.05) is 10.6 Å². The van der Waals surface area contributed by atoms with Crippen LogP contribution in [0.1, 0.15) is 63.9 Å². The van der Waals surface area contributed by atoms with Crippen LogP contribution < -0.4 is 16.0 Å². The fourth-order valence-electron chi connectivity index (χ4n) is 3.98. The third-order valence-electron chi connectivity index (χ3n) is 5.36. The summed E-state index contributed by atoms with van der Waals surface area (Å²) in [6.45, 7) is 1.55. The quantitative estimate of drug-likeness (QED) is 0.622. The summed E-state index contributed by atoms with van der Waals surface area (Å²) >= 11 is 0. The Bertz CT molecular complexity index is 696. The molecule has 0 aliphatic heterocycles. The zero-order valence-corrected chi connectivity index (χ0v) is 15.7. The summed E-state index contributed by atoms with van der Waals surface area (Å²) in [6.07, 6.45) is 8.41. The third kappa shape index (κ3) is 5.54. The van der Waals surface area contributed by atoms with Gasteiger partial charge in [-0.15, -0.1) is 0 Å². The molecule has 1 aromatic heterocycles. The van der Waals surface area contributed by atoms with E-state index in [2.05, 4.69) is 32.0 Å². The Balaban J connectivity index is 1.60. The summed E-state index contributed by atoms with van der Waals surface area (Å²) in [5.41, 5.74) is 0.412. The highest BCUT2D eigenvalue weighted by molar-refractivity contribution is 5.73. The molecule has 0 bridgehead atoms. The van der Waals surface area contributed by atoms with E-state index in [1.807, 2.05) is 0 Å². The lowest BCUT2D eigenvalue weighted by Gasteiger charge is -2.30. The fourth-order valence-corrected chi connectivity index (χ4v) is 3.98. The molecule has 2 saturated carbocycles. The Hall–Kier alpha value is -2.40. The topological polar surface area (TPSA) is 123 Å². The fraction of sp³-hybridized carbons (Fsp3) is 0.684. The molecule has 27 heavy (non-hydrogen) atoms. The number of hydrogen-bond donors (Lipinski definition) is 4. The van der Waals surface area contributed by atoms with Crippen LogP contribution in [0.25, 0.3) is 0 Å². The summed E-state index contributed by atoms with van der Waals surface area (Å²) in [6, 6.07) is 2.76. The number of nitrogens with zero attached hydrogens (tertiary/aromatic N) is 3. The third-order valence-corrected chi connectivity index (χ3v) is 5.36. The zero-order chi connectivity index (χ0) is 19.2. The highest BCUT2D eigenvalue weighted by atomic mass is 16.3. The molecule has 1 aromatic rings. The van der Waals surface area contributed by atoms with Gasteiger partial charge in [0, 0.05) is 25.0 Å². The highest BCUT2D eigenvalue weighted by Gasteiger charge is 2.24. The summed E-state index contributed by atoms with van der Waals surface area (Å²) < 4.78 is 0. The molecule has 146 valence electrons. The van der Waals surface area contributed by atoms with E-state index in [-0.39, 0.29) is 30.1 Å². The van der Waals surface area contributed by atoms with Gasteiger partial charge < -0.3 is 21.1 Å². The Morgan fingerprint density at radius 1 is 1.15 bits per heavy atom. The first-order valence-corrected chi connectivity index (χ1v) is 9.79. The van der Waals surface area contributed by atoms with Crippen LogP contribution in [-0.4, -0.2) is 45.2 Å². The van der Waals surface area contributed by atoms with Gasteiger partial charge in [0.05, 0.1) is 12.3 Å². The zero-order valence-electron chi connectivity index (χ0n) is 15.7. The number of nitriles is 1. The smallest absolute Gasteiger partial charge is 0.224 e. The number of aliphatic hydroxyl groups is 1. The first kappa shape index (κ1) is 19.4. The average Bonchev–Trinajstić information content (AvgIpc) is 2.63. The van der Waals surface area contributed by atoms with Gasteiger partial charge in [0.1, 0.15) is 17.5 Å². The second kappa shape index (κ2) is 9.00. The van der Waals surface area contributed by atoms with E-state index < -0.39 is 0 Å². The minimum absolute atomic E-state index is 0.0189. The van der Waals surface area contributed by atoms with Crippen LogP contribution in [0.2, 0.25) is 0 Å². The van der Waals surface area contributed by atoms with Gasteiger partial charge in [-0.1, -0.05) is 0 Å². The van der Waals surface area contributed by atoms with Crippen LogP contribution in [0.5, 0.6) is 0 Å². The van der Waals surface area contributed by atoms with Gasteiger partial charge in [-0.25, -0.2) is 4.98 Å². The minimum Gasteiger partial charge on any atom is -0.393 e. The molecule has 0 spiro atoms. The second-order valence-corrected chi connectivity index (χ2v) is 7.62. The van der Waals surface area contributed by atoms with Crippen LogP contribution in [0.15, 0.2) is 6.20 Å². The number of nitrogens with one attached hydrogen (secondary N) is 3. The van der Waals surface area contributed by atoms with Crippen LogP contribution in [-0.2, 0) is 4.79 Å². The van der Waals surface area contributed by atoms with Crippen molar-refractivity contribution in [1.29, 1.82) is 5.26 Å². The van der Waals surface area contributed by atoms with Crippen LogP contribution in [0.3, 0.4) is 0 Å². The van der Waals surface area contributed by atoms with E-state index in [0.29, 0.717) is 23.8 Å². The number of carbonyl (C=O) groups is 1. The number of aliphatic hydroxyl groups excluding tert-OH is 1. The Morgan fingerprint density at radius 3 is 2.56 bits per heavy atom. The minimum atomic E-state index is -0.292. The molecule has 0 saturated heterocycles. The molecule has 2 atom stereocenters. The van der Waals surface area contributed by atoms with E-state index >= 15 is 0 Å². The summed E-state index contributed by atoms with van der Waals surface area (Å²) in [7, 11) is 0. The molecule has 2 aliphatic rings. The van der Waals surface area contributed by atoms with Gasteiger partial charge in [-0.2, -0.15) is 10.2 Å². The molecule has 0 aromatic carbocycles.